The van der Waals surface area contributed by atoms with Crippen molar-refractivity contribution in [1.29, 1.82) is 0 Å². The summed E-state index contributed by atoms with van der Waals surface area (Å²) in [5.74, 6) is 1.51. The Morgan fingerprint density at radius 2 is 2.23 bits per heavy atom. The van der Waals surface area contributed by atoms with Crippen molar-refractivity contribution in [2.45, 2.75) is 18.8 Å². The van der Waals surface area contributed by atoms with Crippen molar-refractivity contribution < 1.29 is 4.79 Å². The van der Waals surface area contributed by atoms with E-state index >= 15 is 0 Å². The Hall–Kier alpha value is -2.30. The van der Waals surface area contributed by atoms with Crippen LogP contribution in [-0.2, 0) is 4.79 Å². The van der Waals surface area contributed by atoms with E-state index in [0.29, 0.717) is 12.5 Å². The molecule has 5 nitrogen and oxygen atoms in total. The van der Waals surface area contributed by atoms with Crippen LogP contribution in [0.4, 0.5) is 5.69 Å². The van der Waals surface area contributed by atoms with Gasteiger partial charge in [-0.1, -0.05) is 18.2 Å². The van der Waals surface area contributed by atoms with Crippen LogP contribution in [0, 0.1) is 0 Å². The number of piperidine rings is 1. The predicted octanol–water partition coefficient (Wildman–Crippen LogP) is 2.25. The van der Waals surface area contributed by atoms with Gasteiger partial charge in [-0.2, -0.15) is 0 Å². The van der Waals surface area contributed by atoms with E-state index in [-0.39, 0.29) is 5.91 Å². The zero-order valence-electron chi connectivity index (χ0n) is 12.9. The number of carbonyl (C=O) groups excluding carboxylic acids is 1. The van der Waals surface area contributed by atoms with Crippen molar-refractivity contribution in [3.63, 3.8) is 0 Å². The van der Waals surface area contributed by atoms with Gasteiger partial charge >= 0.3 is 0 Å². The van der Waals surface area contributed by atoms with Gasteiger partial charge in [-0.25, -0.2) is 4.98 Å². The minimum Gasteiger partial charge on any atom is -0.365 e. The number of likely N-dealkylation sites (tertiary alicyclic amines) is 1. The monoisotopic (exact) mass is 298 g/mol. The number of amides is 1. The van der Waals surface area contributed by atoms with Crippen LogP contribution in [0.15, 0.2) is 42.7 Å². The van der Waals surface area contributed by atoms with Crippen molar-refractivity contribution in [3.8, 4) is 0 Å². The second kappa shape index (κ2) is 6.64. The highest BCUT2D eigenvalue weighted by Gasteiger charge is 2.26. The van der Waals surface area contributed by atoms with Gasteiger partial charge in [0.1, 0.15) is 5.82 Å². The number of likely N-dealkylation sites (N-methyl/N-ethyl adjacent to an activating group) is 1. The molecule has 0 aliphatic carbocycles. The molecule has 0 bridgehead atoms. The molecule has 1 fully saturated rings. The summed E-state index contributed by atoms with van der Waals surface area (Å²) in [5, 5.41) is 0. The van der Waals surface area contributed by atoms with E-state index in [1.165, 1.54) is 0 Å². The lowest BCUT2D eigenvalue weighted by Gasteiger charge is -2.33. The van der Waals surface area contributed by atoms with Gasteiger partial charge in [0.2, 0.25) is 5.91 Å². The molecular weight excluding hydrogens is 276 g/mol. The normalized spacial score (nSPS) is 18.2. The molecule has 1 aromatic heterocycles. The fourth-order valence-corrected chi connectivity index (χ4v) is 3.00. The molecule has 1 saturated heterocycles. The highest BCUT2D eigenvalue weighted by molar-refractivity contribution is 5.81. The van der Waals surface area contributed by atoms with E-state index in [1.807, 2.05) is 53.4 Å². The number of carbonyl (C=O) groups is 1. The summed E-state index contributed by atoms with van der Waals surface area (Å²) in [6, 6.07) is 10.0. The van der Waals surface area contributed by atoms with Gasteiger partial charge in [-0.05, 0) is 25.0 Å². The van der Waals surface area contributed by atoms with E-state index in [1.54, 1.807) is 6.20 Å². The molecular formula is C17H22N4O. The summed E-state index contributed by atoms with van der Waals surface area (Å²) in [5.41, 5.74) is 1.07. The first-order valence-corrected chi connectivity index (χ1v) is 7.77. The van der Waals surface area contributed by atoms with Gasteiger partial charge in [0, 0.05) is 44.1 Å². The molecule has 2 aromatic rings. The van der Waals surface area contributed by atoms with Gasteiger partial charge in [0.25, 0.3) is 0 Å². The van der Waals surface area contributed by atoms with Gasteiger partial charge in [-0.3, -0.25) is 4.79 Å². The lowest BCUT2D eigenvalue weighted by atomic mass is 9.97. The largest absolute Gasteiger partial charge is 0.365 e. The summed E-state index contributed by atoms with van der Waals surface area (Å²) in [6.07, 6.45) is 5.75. The van der Waals surface area contributed by atoms with Gasteiger partial charge in [0.05, 0.1) is 6.54 Å². The number of anilines is 1. The lowest BCUT2D eigenvalue weighted by molar-refractivity contribution is -0.130. The fraction of sp³-hybridized carbons (Fsp3) is 0.412. The highest BCUT2D eigenvalue weighted by atomic mass is 16.2. The number of rotatable bonds is 4. The number of H-pyrrole nitrogens is 1. The number of nitrogens with one attached hydrogen (secondary N) is 1. The number of aromatic amines is 1. The van der Waals surface area contributed by atoms with Crippen LogP contribution < -0.4 is 4.90 Å². The quantitative estimate of drug-likeness (QED) is 0.942. The second-order valence-electron chi connectivity index (χ2n) is 5.84. The average Bonchev–Trinajstić information content (AvgIpc) is 3.10. The molecule has 22 heavy (non-hydrogen) atoms. The molecule has 1 aliphatic rings. The first kappa shape index (κ1) is 14.6. The smallest absolute Gasteiger partial charge is 0.242 e. The number of para-hydroxylation sites is 1. The van der Waals surface area contributed by atoms with Crippen LogP contribution in [0.2, 0.25) is 0 Å². The van der Waals surface area contributed by atoms with Crippen molar-refractivity contribution >= 4 is 11.6 Å². The number of hydrogen-bond donors (Lipinski definition) is 1. The first-order chi connectivity index (χ1) is 10.7. The third-order valence-corrected chi connectivity index (χ3v) is 4.25. The van der Waals surface area contributed by atoms with E-state index in [9.17, 15) is 4.79 Å². The first-order valence-electron chi connectivity index (χ1n) is 7.77. The molecule has 116 valence electrons. The van der Waals surface area contributed by atoms with Crippen LogP contribution in [0.1, 0.15) is 24.6 Å². The molecule has 1 aliphatic heterocycles. The summed E-state index contributed by atoms with van der Waals surface area (Å²) in [7, 11) is 1.96. The SMILES string of the molecule is CN(CC(=O)N1CCC[C@@H](c2ncc[nH]2)C1)c1ccccc1. The van der Waals surface area contributed by atoms with E-state index in [2.05, 4.69) is 9.97 Å². The molecule has 5 heteroatoms. The number of aromatic nitrogens is 2. The highest BCUT2D eigenvalue weighted by Crippen LogP contribution is 2.24. The number of hydrogen-bond acceptors (Lipinski definition) is 3. The molecule has 0 saturated carbocycles. The predicted molar refractivity (Wildman–Crippen MR) is 86.9 cm³/mol. The van der Waals surface area contributed by atoms with Crippen molar-refractivity contribution in [1.82, 2.24) is 14.9 Å². The minimum absolute atomic E-state index is 0.183. The molecule has 3 rings (SSSR count). The van der Waals surface area contributed by atoms with Crippen LogP contribution in [0.5, 0.6) is 0 Å². The van der Waals surface area contributed by atoms with E-state index in [0.717, 1.165) is 37.4 Å². The van der Waals surface area contributed by atoms with Crippen molar-refractivity contribution in [2.75, 3.05) is 31.6 Å². The standard InChI is InChI=1S/C17H22N4O/c1-20(15-7-3-2-4-8-15)13-16(22)21-11-5-6-14(12-21)17-18-9-10-19-17/h2-4,7-10,14H,5-6,11-13H2,1H3,(H,18,19)/t14-/m1/s1. The van der Waals surface area contributed by atoms with E-state index < -0.39 is 0 Å². The minimum atomic E-state index is 0.183. The second-order valence-corrected chi connectivity index (χ2v) is 5.84. The third-order valence-electron chi connectivity index (χ3n) is 4.25. The zero-order valence-corrected chi connectivity index (χ0v) is 12.9. The van der Waals surface area contributed by atoms with Crippen LogP contribution in [0.3, 0.4) is 0 Å². The lowest BCUT2D eigenvalue weighted by Crippen LogP contribution is -2.44. The molecule has 1 amide bonds. The Bertz CT molecular complexity index is 596. The summed E-state index contributed by atoms with van der Waals surface area (Å²) in [6.45, 7) is 2.02. The maximum atomic E-state index is 12.6. The summed E-state index contributed by atoms with van der Waals surface area (Å²) < 4.78 is 0. The molecule has 0 unspecified atom stereocenters. The number of benzene rings is 1. The molecule has 1 aromatic carbocycles. The molecule has 1 N–H and O–H groups in total. The Balaban J connectivity index is 1.60. The summed E-state index contributed by atoms with van der Waals surface area (Å²) >= 11 is 0. The van der Waals surface area contributed by atoms with Crippen LogP contribution >= 0.6 is 0 Å². The molecule has 1 atom stereocenters. The van der Waals surface area contributed by atoms with E-state index in [4.69, 9.17) is 0 Å². The molecule has 0 radical (unpaired) electrons. The van der Waals surface area contributed by atoms with Crippen LogP contribution in [-0.4, -0.2) is 47.5 Å². The Morgan fingerprint density at radius 3 is 2.95 bits per heavy atom. The molecule has 2 heterocycles. The maximum Gasteiger partial charge on any atom is 0.242 e. The van der Waals surface area contributed by atoms with Gasteiger partial charge in [0.15, 0.2) is 0 Å². The van der Waals surface area contributed by atoms with Crippen LogP contribution in [0.25, 0.3) is 0 Å². The maximum absolute atomic E-state index is 12.6. The number of imidazole rings is 1. The zero-order chi connectivity index (χ0) is 15.4. The average molecular weight is 298 g/mol. The Labute approximate surface area is 131 Å². The Morgan fingerprint density at radius 1 is 1.41 bits per heavy atom. The van der Waals surface area contributed by atoms with Crippen molar-refractivity contribution in [2.24, 2.45) is 0 Å². The van der Waals surface area contributed by atoms with Crippen molar-refractivity contribution in [3.05, 3.63) is 48.5 Å². The fourth-order valence-electron chi connectivity index (χ4n) is 3.00. The number of nitrogens with zero attached hydrogens (tertiary/aromatic N) is 3. The van der Waals surface area contributed by atoms with Gasteiger partial charge < -0.3 is 14.8 Å². The molecule has 0 spiro atoms. The third kappa shape index (κ3) is 3.30. The topological polar surface area (TPSA) is 52.2 Å². The van der Waals surface area contributed by atoms with Gasteiger partial charge in [-0.15, -0.1) is 0 Å². The summed E-state index contributed by atoms with van der Waals surface area (Å²) in [4.78, 5) is 24.0. The Kier molecular flexibility index (Phi) is 4.42.